The van der Waals surface area contributed by atoms with Gasteiger partial charge in [0, 0.05) is 26.0 Å². The molecule has 0 radical (unpaired) electrons. The van der Waals surface area contributed by atoms with E-state index in [9.17, 15) is 15.3 Å². The maximum absolute atomic E-state index is 11.0. The molecule has 10 atom stereocenters. The predicted molar refractivity (Wildman–Crippen MR) is 163 cm³/mol. The fourth-order valence-electron chi connectivity index (χ4n) is 12.2. The highest BCUT2D eigenvalue weighted by atomic mass is 16.3. The Morgan fingerprint density at radius 2 is 1.93 bits per heavy atom. The Kier molecular flexibility index (Phi) is 7.36. The van der Waals surface area contributed by atoms with Crippen molar-refractivity contribution in [2.45, 2.75) is 91.9 Å². The molecule has 0 saturated heterocycles. The van der Waals surface area contributed by atoms with E-state index in [-0.39, 0.29) is 41.5 Å². The van der Waals surface area contributed by atoms with Crippen molar-refractivity contribution in [1.29, 1.82) is 0 Å². The second-order valence-electron chi connectivity index (χ2n) is 15.9. The number of aliphatic hydroxyl groups excluding tert-OH is 3. The zero-order valence-corrected chi connectivity index (χ0v) is 25.7. The first-order valence-corrected chi connectivity index (χ1v) is 16.5. The van der Waals surface area contributed by atoms with Crippen LogP contribution in [-0.2, 0) is 0 Å². The molecule has 6 rings (SSSR count). The SMILES string of the molecule is C=C1C=C2[C@]3(CC[C@@H](C[C@H](CO)CC4=CCN=C4)C3)C[C@]3(CC[C@@H](CCCO)[C@@H]3CO)[C@H](C)[C@@]2(C)[C@H]2[C@@H]1C2(C)C. The van der Waals surface area contributed by atoms with Gasteiger partial charge in [-0.05, 0) is 133 Å². The summed E-state index contributed by atoms with van der Waals surface area (Å²) in [6.45, 7) is 16.4. The van der Waals surface area contributed by atoms with Gasteiger partial charge in [-0.25, -0.2) is 0 Å². The van der Waals surface area contributed by atoms with Crippen LogP contribution < -0.4 is 0 Å². The van der Waals surface area contributed by atoms with Gasteiger partial charge in [0.1, 0.15) is 0 Å². The Hall–Kier alpha value is -1.23. The normalized spacial score (nSPS) is 45.5. The summed E-state index contributed by atoms with van der Waals surface area (Å²) in [5.74, 6) is 3.51. The van der Waals surface area contributed by atoms with Crippen LogP contribution in [0.15, 0.2) is 40.4 Å². The Morgan fingerprint density at radius 3 is 2.60 bits per heavy atom. The molecule has 0 amide bonds. The topological polar surface area (TPSA) is 73.1 Å². The molecule has 40 heavy (non-hydrogen) atoms. The summed E-state index contributed by atoms with van der Waals surface area (Å²) in [6, 6.07) is 0. The first-order chi connectivity index (χ1) is 19.1. The predicted octanol–water partition coefficient (Wildman–Crippen LogP) is 6.76. The smallest absolute Gasteiger partial charge is 0.0576 e. The molecule has 0 unspecified atom stereocenters. The van der Waals surface area contributed by atoms with Crippen LogP contribution in [0.25, 0.3) is 0 Å². The zero-order valence-electron chi connectivity index (χ0n) is 25.7. The first kappa shape index (κ1) is 28.9. The summed E-state index contributed by atoms with van der Waals surface area (Å²) in [4.78, 5) is 4.37. The highest BCUT2D eigenvalue weighted by Crippen LogP contribution is 2.82. The van der Waals surface area contributed by atoms with Crippen LogP contribution in [-0.4, -0.2) is 47.9 Å². The van der Waals surface area contributed by atoms with Gasteiger partial charge in [0.05, 0.1) is 6.54 Å². The lowest BCUT2D eigenvalue weighted by atomic mass is 9.41. The molecule has 4 fully saturated rings. The van der Waals surface area contributed by atoms with Crippen molar-refractivity contribution in [3.05, 3.63) is 35.5 Å². The van der Waals surface area contributed by atoms with Crippen LogP contribution in [0.1, 0.15) is 91.9 Å². The van der Waals surface area contributed by atoms with Crippen molar-refractivity contribution in [2.24, 2.45) is 68.1 Å². The molecule has 4 saturated carbocycles. The van der Waals surface area contributed by atoms with Crippen LogP contribution in [0.5, 0.6) is 0 Å². The standard InChI is InChI=1S/C36H55NO3/c1-23-15-30-34(5,32-31(23)33(32,3)4)24(2)36(12-9-28(7-6-14-38)29(36)21-40)22-35(30)11-8-25(18-35)16-27(20-39)17-26-10-13-37-19-26/h10,15,19,24-25,27-29,31-32,38-40H,1,6-9,11-14,16-18,20-22H2,2-5H3/t24-,25+,27+,28-,29+,31-,32+,34-,35+,36-/m1/s1. The van der Waals surface area contributed by atoms with Crippen molar-refractivity contribution in [3.63, 3.8) is 0 Å². The van der Waals surface area contributed by atoms with Gasteiger partial charge < -0.3 is 15.3 Å². The molecule has 2 spiro atoms. The lowest BCUT2D eigenvalue weighted by molar-refractivity contribution is -0.0912. The molecule has 0 aromatic rings. The molecule has 6 aliphatic rings. The van der Waals surface area contributed by atoms with Gasteiger partial charge in [-0.2, -0.15) is 0 Å². The summed E-state index contributed by atoms with van der Waals surface area (Å²) in [6.07, 6.45) is 18.0. The van der Waals surface area contributed by atoms with E-state index >= 15 is 0 Å². The molecule has 5 aliphatic carbocycles. The van der Waals surface area contributed by atoms with Crippen molar-refractivity contribution in [1.82, 2.24) is 0 Å². The molecule has 222 valence electrons. The second kappa shape index (κ2) is 10.2. The largest absolute Gasteiger partial charge is 0.396 e. The van der Waals surface area contributed by atoms with Crippen molar-refractivity contribution in [3.8, 4) is 0 Å². The van der Waals surface area contributed by atoms with Gasteiger partial charge >= 0.3 is 0 Å². The second-order valence-corrected chi connectivity index (χ2v) is 15.9. The quantitative estimate of drug-likeness (QED) is 0.297. The molecule has 1 heterocycles. The summed E-state index contributed by atoms with van der Waals surface area (Å²) < 4.78 is 0. The van der Waals surface area contributed by atoms with Gasteiger partial charge in [-0.15, -0.1) is 0 Å². The third-order valence-electron chi connectivity index (χ3n) is 13.9. The average Bonchev–Trinajstić information content (AvgIpc) is 3.39. The van der Waals surface area contributed by atoms with Gasteiger partial charge in [0.2, 0.25) is 0 Å². The summed E-state index contributed by atoms with van der Waals surface area (Å²) in [7, 11) is 0. The van der Waals surface area contributed by atoms with Crippen LogP contribution in [0.2, 0.25) is 0 Å². The molecular weight excluding hydrogens is 494 g/mol. The number of aliphatic imine (C=N–C) groups is 1. The third kappa shape index (κ3) is 4.13. The Balaban J connectivity index is 1.35. The number of aliphatic hydroxyl groups is 3. The van der Waals surface area contributed by atoms with E-state index in [2.05, 4.69) is 51.4 Å². The highest BCUT2D eigenvalue weighted by molar-refractivity contribution is 5.80. The Labute approximate surface area is 243 Å². The minimum Gasteiger partial charge on any atom is -0.396 e. The summed E-state index contributed by atoms with van der Waals surface area (Å²) >= 11 is 0. The van der Waals surface area contributed by atoms with Gasteiger partial charge in [0.25, 0.3) is 0 Å². The van der Waals surface area contributed by atoms with Gasteiger partial charge in [-0.3, -0.25) is 4.99 Å². The molecular formula is C36H55NO3. The number of nitrogens with zero attached hydrogens (tertiary/aromatic N) is 1. The fraction of sp³-hybridized carbons (Fsp3) is 0.806. The van der Waals surface area contributed by atoms with Crippen LogP contribution in [0, 0.1) is 63.1 Å². The number of hydrogen-bond donors (Lipinski definition) is 3. The average molecular weight is 550 g/mol. The molecule has 4 nitrogen and oxygen atoms in total. The maximum atomic E-state index is 11.0. The number of rotatable bonds is 9. The van der Waals surface area contributed by atoms with Crippen molar-refractivity contribution in [2.75, 3.05) is 26.4 Å². The first-order valence-electron chi connectivity index (χ1n) is 16.5. The van der Waals surface area contributed by atoms with Crippen LogP contribution in [0.3, 0.4) is 0 Å². The van der Waals surface area contributed by atoms with Gasteiger partial charge in [-0.1, -0.05) is 57.6 Å². The van der Waals surface area contributed by atoms with Gasteiger partial charge in [0.15, 0.2) is 0 Å². The minimum atomic E-state index is 0.128. The van der Waals surface area contributed by atoms with Crippen LogP contribution in [0.4, 0.5) is 0 Å². The van der Waals surface area contributed by atoms with Crippen molar-refractivity contribution < 1.29 is 15.3 Å². The zero-order chi connectivity index (χ0) is 28.5. The Bertz CT molecular complexity index is 1100. The number of hydrogen-bond acceptors (Lipinski definition) is 4. The fourth-order valence-corrected chi connectivity index (χ4v) is 12.2. The lowest BCUT2D eigenvalue weighted by Gasteiger charge is -2.63. The molecule has 0 bridgehead atoms. The van der Waals surface area contributed by atoms with E-state index in [1.807, 2.05) is 6.21 Å². The highest BCUT2D eigenvalue weighted by Gasteiger charge is 2.76. The van der Waals surface area contributed by atoms with E-state index in [0.29, 0.717) is 41.4 Å². The van der Waals surface area contributed by atoms with Crippen molar-refractivity contribution >= 4 is 6.21 Å². The molecule has 3 N–H and O–H groups in total. The number of fused-ring (bicyclic) bond motifs is 4. The minimum absolute atomic E-state index is 0.128. The molecule has 1 aliphatic heterocycles. The summed E-state index contributed by atoms with van der Waals surface area (Å²) in [5, 5.41) is 31.0. The van der Waals surface area contributed by atoms with E-state index in [1.54, 1.807) is 5.57 Å². The molecule has 0 aromatic heterocycles. The summed E-state index contributed by atoms with van der Waals surface area (Å²) in [5.41, 5.74) is 5.09. The number of allylic oxidation sites excluding steroid dienone is 4. The maximum Gasteiger partial charge on any atom is 0.0576 e. The monoisotopic (exact) mass is 549 g/mol. The van der Waals surface area contributed by atoms with E-state index in [1.165, 1.54) is 49.7 Å². The Morgan fingerprint density at radius 1 is 1.12 bits per heavy atom. The molecule has 4 heteroatoms. The lowest BCUT2D eigenvalue weighted by Crippen LogP contribution is -2.56. The van der Waals surface area contributed by atoms with E-state index in [4.69, 9.17) is 0 Å². The molecule has 0 aromatic carbocycles. The van der Waals surface area contributed by atoms with Crippen LogP contribution >= 0.6 is 0 Å². The van der Waals surface area contributed by atoms with E-state index in [0.717, 1.165) is 32.2 Å². The third-order valence-corrected chi connectivity index (χ3v) is 13.9. The van der Waals surface area contributed by atoms with E-state index < -0.39 is 0 Å².